The Morgan fingerprint density at radius 1 is 1.50 bits per heavy atom. The van der Waals surface area contributed by atoms with Crippen molar-refractivity contribution < 1.29 is 4.79 Å². The molecule has 0 saturated carbocycles. The zero-order valence-electron chi connectivity index (χ0n) is 6.22. The largest absolute Gasteiger partial charge is 0.359 e. The van der Waals surface area contributed by atoms with Crippen LogP contribution in [-0.2, 0) is 4.79 Å². The first kappa shape index (κ1) is 8.99. The number of rotatable bonds is 1. The van der Waals surface area contributed by atoms with Crippen LogP contribution in [0.15, 0.2) is 0 Å². The quantitative estimate of drug-likeness (QED) is 0.480. The smallest absolute Gasteiger partial charge is 0.293 e. The molecule has 0 spiro atoms. The topological polar surface area (TPSA) is 69.1 Å². The third-order valence-corrected chi connectivity index (χ3v) is 1.08. The first-order valence-electron chi connectivity index (χ1n) is 3.10. The summed E-state index contributed by atoms with van der Waals surface area (Å²) in [5.74, 6) is 4.35. The van der Waals surface area contributed by atoms with Crippen molar-refractivity contribution in [3.8, 4) is 11.8 Å². The van der Waals surface area contributed by atoms with Gasteiger partial charge in [0, 0.05) is 0 Å². The zero-order chi connectivity index (χ0) is 8.15. The van der Waals surface area contributed by atoms with Gasteiger partial charge in [0.15, 0.2) is 0 Å². The van der Waals surface area contributed by atoms with E-state index in [-0.39, 0.29) is 12.0 Å². The maximum atomic E-state index is 10.1. The van der Waals surface area contributed by atoms with E-state index in [1.165, 1.54) is 0 Å². The lowest BCUT2D eigenvalue weighted by Crippen LogP contribution is -2.24. The molecule has 0 aromatic heterocycles. The fourth-order valence-corrected chi connectivity index (χ4v) is 0.321. The molecular formula is C7H12N2O. The number of amides is 1. The van der Waals surface area contributed by atoms with Gasteiger partial charge in [0.25, 0.3) is 5.91 Å². The molecule has 56 valence electrons. The van der Waals surface area contributed by atoms with E-state index in [0.717, 1.165) is 0 Å². The summed E-state index contributed by atoms with van der Waals surface area (Å²) in [6, 6.07) is -0.257. The normalized spacial score (nSPS) is 12.0. The van der Waals surface area contributed by atoms with Crippen molar-refractivity contribution in [1.29, 1.82) is 0 Å². The summed E-state index contributed by atoms with van der Waals surface area (Å²) >= 11 is 0. The first-order valence-corrected chi connectivity index (χ1v) is 3.10. The lowest BCUT2D eigenvalue weighted by Gasteiger charge is -2.05. The van der Waals surface area contributed by atoms with Gasteiger partial charge in [-0.05, 0) is 11.8 Å². The van der Waals surface area contributed by atoms with Gasteiger partial charge in [-0.25, -0.2) is 0 Å². The summed E-state index contributed by atoms with van der Waals surface area (Å²) in [6.07, 6.45) is 0. The molecule has 1 unspecified atom stereocenters. The lowest BCUT2D eigenvalue weighted by molar-refractivity contribution is -0.112. The van der Waals surface area contributed by atoms with Gasteiger partial charge in [0.1, 0.15) is 0 Å². The van der Waals surface area contributed by atoms with Gasteiger partial charge in [-0.15, -0.1) is 0 Å². The molecule has 0 aliphatic rings. The minimum absolute atomic E-state index is 0.256. The highest BCUT2D eigenvalue weighted by molar-refractivity contribution is 5.92. The maximum Gasteiger partial charge on any atom is 0.293 e. The second kappa shape index (κ2) is 3.91. The van der Waals surface area contributed by atoms with Crippen molar-refractivity contribution in [3.63, 3.8) is 0 Å². The maximum absolute atomic E-state index is 10.1. The molecule has 3 nitrogen and oxygen atoms in total. The van der Waals surface area contributed by atoms with E-state index in [1.54, 1.807) is 0 Å². The Bertz CT molecular complexity index is 176. The van der Waals surface area contributed by atoms with E-state index < -0.39 is 5.91 Å². The first-order chi connectivity index (χ1) is 4.54. The average molecular weight is 140 g/mol. The predicted octanol–water partition coefficient (Wildman–Crippen LogP) is -0.542. The van der Waals surface area contributed by atoms with Gasteiger partial charge in [0.2, 0.25) is 0 Å². The van der Waals surface area contributed by atoms with Crippen molar-refractivity contribution >= 4 is 5.91 Å². The SMILES string of the molecule is CC(C)C(N)C#CC(N)=O. The molecular weight excluding hydrogens is 128 g/mol. The zero-order valence-corrected chi connectivity index (χ0v) is 6.22. The third kappa shape index (κ3) is 3.93. The molecule has 10 heavy (non-hydrogen) atoms. The highest BCUT2D eigenvalue weighted by Gasteiger charge is 2.01. The van der Waals surface area contributed by atoms with Crippen molar-refractivity contribution in [2.24, 2.45) is 17.4 Å². The molecule has 0 saturated heterocycles. The van der Waals surface area contributed by atoms with Gasteiger partial charge >= 0.3 is 0 Å². The Morgan fingerprint density at radius 2 is 2.00 bits per heavy atom. The van der Waals surface area contributed by atoms with E-state index in [4.69, 9.17) is 11.5 Å². The molecule has 3 heteroatoms. The van der Waals surface area contributed by atoms with Crippen molar-refractivity contribution in [1.82, 2.24) is 0 Å². The summed E-state index contributed by atoms with van der Waals surface area (Å²) in [6.45, 7) is 3.86. The fraction of sp³-hybridized carbons (Fsp3) is 0.571. The molecule has 4 N–H and O–H groups in total. The fourth-order valence-electron chi connectivity index (χ4n) is 0.321. The second-order valence-corrected chi connectivity index (χ2v) is 2.40. The minimum atomic E-state index is -0.629. The van der Waals surface area contributed by atoms with Gasteiger partial charge in [-0.3, -0.25) is 4.79 Å². The summed E-state index contributed by atoms with van der Waals surface area (Å²) in [5, 5.41) is 0. The molecule has 0 fully saturated rings. The minimum Gasteiger partial charge on any atom is -0.359 e. The van der Waals surface area contributed by atoms with Gasteiger partial charge in [-0.1, -0.05) is 19.8 Å². The Hall–Kier alpha value is -1.01. The Morgan fingerprint density at radius 3 is 2.30 bits per heavy atom. The van der Waals surface area contributed by atoms with Crippen molar-refractivity contribution in [2.75, 3.05) is 0 Å². The molecule has 1 atom stereocenters. The highest BCUT2D eigenvalue weighted by atomic mass is 16.1. The van der Waals surface area contributed by atoms with Gasteiger partial charge in [-0.2, -0.15) is 0 Å². The average Bonchev–Trinajstić information content (AvgIpc) is 1.82. The predicted molar refractivity (Wildman–Crippen MR) is 39.8 cm³/mol. The van der Waals surface area contributed by atoms with Gasteiger partial charge in [0.05, 0.1) is 6.04 Å². The van der Waals surface area contributed by atoms with Gasteiger partial charge < -0.3 is 11.5 Å². The van der Waals surface area contributed by atoms with Crippen LogP contribution in [0.5, 0.6) is 0 Å². The molecule has 0 heterocycles. The monoisotopic (exact) mass is 140 g/mol. The van der Waals surface area contributed by atoms with Crippen LogP contribution in [0.2, 0.25) is 0 Å². The van der Waals surface area contributed by atoms with Crippen LogP contribution in [-0.4, -0.2) is 11.9 Å². The molecule has 0 aromatic carbocycles. The van der Waals surface area contributed by atoms with E-state index in [2.05, 4.69) is 11.8 Å². The summed E-state index contributed by atoms with van der Waals surface area (Å²) in [4.78, 5) is 10.1. The van der Waals surface area contributed by atoms with E-state index in [9.17, 15) is 4.79 Å². The summed E-state index contributed by atoms with van der Waals surface area (Å²) in [7, 11) is 0. The number of hydrogen-bond donors (Lipinski definition) is 2. The van der Waals surface area contributed by atoms with Crippen molar-refractivity contribution in [3.05, 3.63) is 0 Å². The summed E-state index contributed by atoms with van der Waals surface area (Å²) in [5.41, 5.74) is 10.3. The molecule has 0 radical (unpaired) electrons. The Balaban J connectivity index is 3.92. The molecule has 0 rings (SSSR count). The van der Waals surface area contributed by atoms with Crippen LogP contribution in [0.3, 0.4) is 0 Å². The number of carbonyl (C=O) groups excluding carboxylic acids is 1. The molecule has 0 aliphatic carbocycles. The Kier molecular flexibility index (Phi) is 3.52. The standard InChI is InChI=1S/C7H12N2O/c1-5(2)6(8)3-4-7(9)10/h5-6H,8H2,1-2H3,(H2,9,10). The van der Waals surface area contributed by atoms with E-state index >= 15 is 0 Å². The molecule has 0 aliphatic heterocycles. The number of carbonyl (C=O) groups is 1. The second-order valence-electron chi connectivity index (χ2n) is 2.40. The molecule has 1 amide bonds. The lowest BCUT2D eigenvalue weighted by atomic mass is 10.1. The highest BCUT2D eigenvalue weighted by Crippen LogP contribution is 1.94. The van der Waals surface area contributed by atoms with Crippen LogP contribution < -0.4 is 11.5 Å². The Labute approximate surface area is 60.8 Å². The molecule has 0 bridgehead atoms. The third-order valence-electron chi connectivity index (χ3n) is 1.08. The van der Waals surface area contributed by atoms with Crippen LogP contribution in [0.1, 0.15) is 13.8 Å². The van der Waals surface area contributed by atoms with Crippen LogP contribution in [0, 0.1) is 17.8 Å². The van der Waals surface area contributed by atoms with Crippen molar-refractivity contribution in [2.45, 2.75) is 19.9 Å². The number of nitrogens with two attached hydrogens (primary N) is 2. The number of primary amides is 1. The van der Waals surface area contributed by atoms with E-state index in [0.29, 0.717) is 0 Å². The molecule has 0 aromatic rings. The van der Waals surface area contributed by atoms with Crippen LogP contribution in [0.25, 0.3) is 0 Å². The van der Waals surface area contributed by atoms with Crippen LogP contribution in [0.4, 0.5) is 0 Å². The number of hydrogen-bond acceptors (Lipinski definition) is 2. The van der Waals surface area contributed by atoms with Crippen LogP contribution >= 0.6 is 0 Å². The van der Waals surface area contributed by atoms with E-state index in [1.807, 2.05) is 13.8 Å². The summed E-state index contributed by atoms with van der Waals surface area (Å²) < 4.78 is 0.